The van der Waals surface area contributed by atoms with Crippen molar-refractivity contribution in [3.05, 3.63) is 77.2 Å². The Bertz CT molecular complexity index is 905. The number of hydrogen-bond acceptors (Lipinski definition) is 4. The molecule has 2 amide bonds. The van der Waals surface area contributed by atoms with E-state index in [9.17, 15) is 14.7 Å². The Labute approximate surface area is 148 Å². The quantitative estimate of drug-likeness (QED) is 0.612. The van der Waals surface area contributed by atoms with E-state index in [0.29, 0.717) is 16.3 Å². The minimum atomic E-state index is -0.415. The molecule has 25 heavy (non-hydrogen) atoms. The monoisotopic (exact) mass is 356 g/mol. The number of carbonyl (C=O) groups excluding carboxylic acids is 2. The fourth-order valence-electron chi connectivity index (χ4n) is 2.11. The second-order valence-electron chi connectivity index (χ2n) is 5.12. The summed E-state index contributed by atoms with van der Waals surface area (Å²) in [4.78, 5) is 24.1. The van der Waals surface area contributed by atoms with Crippen molar-refractivity contribution in [1.82, 2.24) is 0 Å². The van der Waals surface area contributed by atoms with Gasteiger partial charge in [0.25, 0.3) is 11.8 Å². The van der Waals surface area contributed by atoms with Crippen LogP contribution < -0.4 is 10.6 Å². The smallest absolute Gasteiger partial charge is 0.291 e. The highest BCUT2D eigenvalue weighted by molar-refractivity contribution is 6.31. The summed E-state index contributed by atoms with van der Waals surface area (Å²) < 4.78 is 5.01. The van der Waals surface area contributed by atoms with Crippen molar-refractivity contribution in [3.63, 3.8) is 0 Å². The number of furan rings is 1. The topological polar surface area (TPSA) is 91.6 Å². The Hall–Kier alpha value is -3.25. The van der Waals surface area contributed by atoms with Crippen molar-refractivity contribution in [3.8, 4) is 5.75 Å². The third kappa shape index (κ3) is 3.99. The summed E-state index contributed by atoms with van der Waals surface area (Å²) in [5, 5.41) is 15.4. The van der Waals surface area contributed by atoms with Gasteiger partial charge in [0.1, 0.15) is 5.75 Å². The van der Waals surface area contributed by atoms with Crippen molar-refractivity contribution in [2.75, 3.05) is 10.6 Å². The van der Waals surface area contributed by atoms with E-state index >= 15 is 0 Å². The maximum Gasteiger partial charge on any atom is 0.291 e. The minimum absolute atomic E-state index is 0.0833. The van der Waals surface area contributed by atoms with E-state index in [1.165, 1.54) is 24.5 Å². The Balaban J connectivity index is 1.68. The van der Waals surface area contributed by atoms with E-state index in [2.05, 4.69) is 10.6 Å². The van der Waals surface area contributed by atoms with Crippen molar-refractivity contribution >= 4 is 34.8 Å². The largest absolute Gasteiger partial charge is 0.506 e. The summed E-state index contributed by atoms with van der Waals surface area (Å²) >= 11 is 5.85. The van der Waals surface area contributed by atoms with Crippen LogP contribution in [0.2, 0.25) is 5.02 Å². The van der Waals surface area contributed by atoms with Crippen LogP contribution in [0.25, 0.3) is 0 Å². The van der Waals surface area contributed by atoms with Crippen LogP contribution in [0.5, 0.6) is 5.75 Å². The number of phenolic OH excluding ortho intramolecular Hbond substituents is 1. The molecular formula is C18H13ClN2O4. The standard InChI is InChI=1S/C18H13ClN2O4/c19-12-5-8-15(22)14(10-12)21-17(23)11-3-6-13(7-4-11)20-18(24)16-2-1-9-25-16/h1-10,22H,(H,20,24)(H,21,23). The second-order valence-corrected chi connectivity index (χ2v) is 5.56. The molecule has 3 rings (SSSR count). The molecule has 0 atom stereocenters. The third-order valence-electron chi connectivity index (χ3n) is 3.36. The van der Waals surface area contributed by atoms with Crippen LogP contribution in [0, 0.1) is 0 Å². The zero-order chi connectivity index (χ0) is 17.8. The number of aromatic hydroxyl groups is 1. The molecule has 0 unspecified atom stereocenters. The van der Waals surface area contributed by atoms with Crippen molar-refractivity contribution < 1.29 is 19.1 Å². The average Bonchev–Trinajstić information content (AvgIpc) is 3.13. The molecule has 1 heterocycles. The lowest BCUT2D eigenvalue weighted by molar-refractivity contribution is 0.0995. The van der Waals surface area contributed by atoms with E-state index in [1.54, 1.807) is 36.4 Å². The zero-order valence-electron chi connectivity index (χ0n) is 12.8. The number of hydrogen-bond donors (Lipinski definition) is 3. The van der Waals surface area contributed by atoms with Crippen LogP contribution in [0.15, 0.2) is 65.3 Å². The number of carbonyl (C=O) groups is 2. The summed E-state index contributed by atoms with van der Waals surface area (Å²) in [5.74, 6) is -0.689. The number of rotatable bonds is 4. The molecule has 0 saturated heterocycles. The van der Waals surface area contributed by atoms with Crippen molar-refractivity contribution in [2.45, 2.75) is 0 Å². The van der Waals surface area contributed by atoms with E-state index in [1.807, 2.05) is 0 Å². The number of benzene rings is 2. The lowest BCUT2D eigenvalue weighted by Gasteiger charge is -2.09. The number of amides is 2. The van der Waals surface area contributed by atoms with Gasteiger partial charge in [-0.15, -0.1) is 0 Å². The van der Waals surface area contributed by atoms with Gasteiger partial charge >= 0.3 is 0 Å². The molecule has 0 fully saturated rings. The van der Waals surface area contributed by atoms with Gasteiger partial charge in [-0.25, -0.2) is 0 Å². The summed E-state index contributed by atoms with van der Waals surface area (Å²) in [7, 11) is 0. The molecule has 2 aromatic carbocycles. The molecule has 126 valence electrons. The number of anilines is 2. The van der Waals surface area contributed by atoms with Gasteiger partial charge in [-0.05, 0) is 54.6 Å². The third-order valence-corrected chi connectivity index (χ3v) is 3.59. The van der Waals surface area contributed by atoms with Crippen LogP contribution in [-0.4, -0.2) is 16.9 Å². The van der Waals surface area contributed by atoms with Crippen molar-refractivity contribution in [2.24, 2.45) is 0 Å². The van der Waals surface area contributed by atoms with Crippen LogP contribution >= 0.6 is 11.6 Å². The molecule has 6 nitrogen and oxygen atoms in total. The van der Waals surface area contributed by atoms with Gasteiger partial charge in [0.2, 0.25) is 0 Å². The molecule has 0 aliphatic heterocycles. The lowest BCUT2D eigenvalue weighted by Crippen LogP contribution is -2.13. The average molecular weight is 357 g/mol. The fraction of sp³-hybridized carbons (Fsp3) is 0. The fourth-order valence-corrected chi connectivity index (χ4v) is 2.28. The first kappa shape index (κ1) is 16.6. The Kier molecular flexibility index (Phi) is 4.72. The predicted molar refractivity (Wildman–Crippen MR) is 94.2 cm³/mol. The van der Waals surface area contributed by atoms with Gasteiger partial charge in [0.05, 0.1) is 12.0 Å². The van der Waals surface area contributed by atoms with E-state index in [-0.39, 0.29) is 23.1 Å². The molecule has 7 heteroatoms. The number of phenols is 1. The molecular weight excluding hydrogens is 344 g/mol. The van der Waals surface area contributed by atoms with Gasteiger partial charge < -0.3 is 20.2 Å². The summed E-state index contributed by atoms with van der Waals surface area (Å²) in [6, 6.07) is 13.8. The van der Waals surface area contributed by atoms with Gasteiger partial charge in [0, 0.05) is 16.3 Å². The highest BCUT2D eigenvalue weighted by atomic mass is 35.5. The van der Waals surface area contributed by atoms with E-state index < -0.39 is 5.91 Å². The van der Waals surface area contributed by atoms with Crippen molar-refractivity contribution in [1.29, 1.82) is 0 Å². The van der Waals surface area contributed by atoms with Crippen LogP contribution in [-0.2, 0) is 0 Å². The number of halogens is 1. The lowest BCUT2D eigenvalue weighted by atomic mass is 10.2. The zero-order valence-corrected chi connectivity index (χ0v) is 13.6. The van der Waals surface area contributed by atoms with Crippen LogP contribution in [0.4, 0.5) is 11.4 Å². The molecule has 0 aliphatic carbocycles. The molecule has 1 aromatic heterocycles. The molecule has 0 saturated carbocycles. The maximum absolute atomic E-state index is 12.2. The normalized spacial score (nSPS) is 10.3. The predicted octanol–water partition coefficient (Wildman–Crippen LogP) is 4.14. The summed E-state index contributed by atoms with van der Waals surface area (Å²) in [6.45, 7) is 0. The van der Waals surface area contributed by atoms with Gasteiger partial charge in [-0.3, -0.25) is 9.59 Å². The highest BCUT2D eigenvalue weighted by Gasteiger charge is 2.11. The first-order valence-electron chi connectivity index (χ1n) is 7.28. The summed E-state index contributed by atoms with van der Waals surface area (Å²) in [5.41, 5.74) is 1.09. The van der Waals surface area contributed by atoms with Gasteiger partial charge in [-0.1, -0.05) is 11.6 Å². The molecule has 0 aliphatic rings. The Morgan fingerprint density at radius 3 is 2.40 bits per heavy atom. The Morgan fingerprint density at radius 1 is 0.960 bits per heavy atom. The first-order valence-corrected chi connectivity index (χ1v) is 7.65. The highest BCUT2D eigenvalue weighted by Crippen LogP contribution is 2.27. The first-order chi connectivity index (χ1) is 12.0. The molecule has 3 N–H and O–H groups in total. The molecule has 3 aromatic rings. The molecule has 0 radical (unpaired) electrons. The molecule has 0 bridgehead atoms. The Morgan fingerprint density at radius 2 is 1.72 bits per heavy atom. The SMILES string of the molecule is O=C(Nc1cc(Cl)ccc1O)c1ccc(NC(=O)c2ccco2)cc1. The van der Waals surface area contributed by atoms with E-state index in [0.717, 1.165) is 0 Å². The maximum atomic E-state index is 12.2. The molecule has 0 spiro atoms. The summed E-state index contributed by atoms with van der Waals surface area (Å²) in [6.07, 6.45) is 1.41. The van der Waals surface area contributed by atoms with Gasteiger partial charge in [0.15, 0.2) is 5.76 Å². The van der Waals surface area contributed by atoms with Crippen LogP contribution in [0.3, 0.4) is 0 Å². The second kappa shape index (κ2) is 7.11. The van der Waals surface area contributed by atoms with Gasteiger partial charge in [-0.2, -0.15) is 0 Å². The minimum Gasteiger partial charge on any atom is -0.506 e. The van der Waals surface area contributed by atoms with E-state index in [4.69, 9.17) is 16.0 Å². The number of nitrogens with one attached hydrogen (secondary N) is 2. The van der Waals surface area contributed by atoms with Crippen LogP contribution in [0.1, 0.15) is 20.9 Å².